The Kier molecular flexibility index (Phi) is 9.61. The Hall–Kier alpha value is -2.89. The van der Waals surface area contributed by atoms with E-state index in [1.54, 1.807) is 25.7 Å². The van der Waals surface area contributed by atoms with Crippen LogP contribution >= 0.6 is 0 Å². The molecule has 2 amide bonds. The third-order valence-electron chi connectivity index (χ3n) is 6.70. The molecule has 1 aliphatic carbocycles. The SMILES string of the molecule is CC(C)(C)OC(=O)C[C@H](NC(=O)C1CCN(C(=O)C2CCC2)CC1)C(O)COc1c(F)c(F)cc(F)c1F. The minimum Gasteiger partial charge on any atom is -0.485 e. The van der Waals surface area contributed by atoms with Crippen LogP contribution < -0.4 is 10.1 Å². The summed E-state index contributed by atoms with van der Waals surface area (Å²) in [6, 6.07) is -1.28. The number of hydrogen-bond acceptors (Lipinski definition) is 6. The molecule has 1 saturated carbocycles. The van der Waals surface area contributed by atoms with E-state index in [1.165, 1.54) is 0 Å². The molecule has 0 bridgehead atoms. The number of hydrogen-bond donors (Lipinski definition) is 2. The quantitative estimate of drug-likeness (QED) is 0.280. The molecule has 2 N–H and O–H groups in total. The maximum Gasteiger partial charge on any atom is 0.308 e. The second kappa shape index (κ2) is 12.3. The number of aliphatic hydroxyl groups excluding tert-OH is 1. The number of carbonyl (C=O) groups is 3. The summed E-state index contributed by atoms with van der Waals surface area (Å²) < 4.78 is 65.0. The Bertz CT molecular complexity index is 1010. The molecule has 3 rings (SSSR count). The molecule has 12 heteroatoms. The Morgan fingerprint density at radius 2 is 1.61 bits per heavy atom. The molecule has 1 aromatic rings. The van der Waals surface area contributed by atoms with Gasteiger partial charge < -0.3 is 24.8 Å². The van der Waals surface area contributed by atoms with E-state index in [0.29, 0.717) is 25.9 Å². The van der Waals surface area contributed by atoms with Gasteiger partial charge in [-0.15, -0.1) is 0 Å². The summed E-state index contributed by atoms with van der Waals surface area (Å²) in [5, 5.41) is 13.2. The number of amides is 2. The van der Waals surface area contributed by atoms with Crippen LogP contribution in [0.3, 0.4) is 0 Å². The first-order valence-electron chi connectivity index (χ1n) is 12.7. The Labute approximate surface area is 218 Å². The molecular weight excluding hydrogens is 512 g/mol. The molecule has 38 heavy (non-hydrogen) atoms. The van der Waals surface area contributed by atoms with Gasteiger partial charge in [-0.2, -0.15) is 8.78 Å². The molecule has 2 fully saturated rings. The number of esters is 1. The number of piperidine rings is 1. The number of ether oxygens (including phenoxy) is 2. The molecule has 0 spiro atoms. The smallest absolute Gasteiger partial charge is 0.308 e. The fourth-order valence-corrected chi connectivity index (χ4v) is 4.38. The minimum atomic E-state index is -1.79. The van der Waals surface area contributed by atoms with Crippen molar-refractivity contribution in [3.05, 3.63) is 29.3 Å². The van der Waals surface area contributed by atoms with Gasteiger partial charge in [-0.3, -0.25) is 14.4 Å². The van der Waals surface area contributed by atoms with Crippen molar-refractivity contribution in [2.45, 2.75) is 77.0 Å². The number of nitrogens with one attached hydrogen (secondary N) is 1. The molecule has 1 saturated heterocycles. The maximum absolute atomic E-state index is 13.9. The molecule has 8 nitrogen and oxygen atoms in total. The highest BCUT2D eigenvalue weighted by atomic mass is 19.2. The molecule has 0 aromatic heterocycles. The van der Waals surface area contributed by atoms with Crippen molar-refractivity contribution in [1.82, 2.24) is 10.2 Å². The van der Waals surface area contributed by atoms with Crippen LogP contribution in [0.2, 0.25) is 0 Å². The van der Waals surface area contributed by atoms with E-state index >= 15 is 0 Å². The lowest BCUT2D eigenvalue weighted by atomic mass is 9.83. The predicted octanol–water partition coefficient (Wildman–Crippen LogP) is 3.24. The van der Waals surface area contributed by atoms with Gasteiger partial charge in [0, 0.05) is 31.0 Å². The molecule has 1 heterocycles. The first-order chi connectivity index (χ1) is 17.8. The Morgan fingerprint density at radius 1 is 1.03 bits per heavy atom. The second-order valence-electron chi connectivity index (χ2n) is 10.8. The highest BCUT2D eigenvalue weighted by molar-refractivity contribution is 5.82. The van der Waals surface area contributed by atoms with Gasteiger partial charge >= 0.3 is 5.97 Å². The zero-order valence-electron chi connectivity index (χ0n) is 21.7. The van der Waals surface area contributed by atoms with Crippen molar-refractivity contribution in [3.8, 4) is 5.75 Å². The van der Waals surface area contributed by atoms with Gasteiger partial charge in [0.2, 0.25) is 23.4 Å². The topological polar surface area (TPSA) is 105 Å². The molecular formula is C26H34F4N2O6. The number of aliphatic hydroxyl groups is 1. The fourth-order valence-electron chi connectivity index (χ4n) is 4.38. The highest BCUT2D eigenvalue weighted by Crippen LogP contribution is 2.30. The van der Waals surface area contributed by atoms with Crippen LogP contribution in [0, 0.1) is 35.1 Å². The van der Waals surface area contributed by atoms with Gasteiger partial charge in [-0.25, -0.2) is 8.78 Å². The number of carbonyl (C=O) groups excluding carboxylic acids is 3. The van der Waals surface area contributed by atoms with Crippen LogP contribution in [0.15, 0.2) is 6.07 Å². The van der Waals surface area contributed by atoms with E-state index in [9.17, 15) is 37.1 Å². The van der Waals surface area contributed by atoms with Crippen LogP contribution in [0.25, 0.3) is 0 Å². The third kappa shape index (κ3) is 7.58. The van der Waals surface area contributed by atoms with E-state index in [2.05, 4.69) is 5.32 Å². The van der Waals surface area contributed by atoms with Gasteiger partial charge in [-0.1, -0.05) is 6.42 Å². The van der Waals surface area contributed by atoms with Crippen molar-refractivity contribution < 1.29 is 46.5 Å². The van der Waals surface area contributed by atoms with Gasteiger partial charge in [-0.05, 0) is 46.5 Å². The summed E-state index contributed by atoms with van der Waals surface area (Å²) in [6.07, 6.45) is 1.35. The van der Waals surface area contributed by atoms with Crippen LogP contribution in [0.1, 0.15) is 59.3 Å². The molecule has 1 unspecified atom stereocenters. The number of benzene rings is 1. The van der Waals surface area contributed by atoms with E-state index < -0.39 is 77.6 Å². The monoisotopic (exact) mass is 546 g/mol. The summed E-state index contributed by atoms with van der Waals surface area (Å²) in [5.41, 5.74) is -0.863. The lowest BCUT2D eigenvalue weighted by Gasteiger charge is -2.36. The molecule has 2 atom stereocenters. The largest absolute Gasteiger partial charge is 0.485 e. The van der Waals surface area contributed by atoms with Crippen LogP contribution in [-0.2, 0) is 19.1 Å². The Balaban J connectivity index is 1.65. The number of rotatable bonds is 9. The summed E-state index contributed by atoms with van der Waals surface area (Å²) >= 11 is 0. The normalized spacial score (nSPS) is 18.4. The average Bonchev–Trinajstić information content (AvgIpc) is 2.80. The molecule has 0 radical (unpaired) electrons. The van der Waals surface area contributed by atoms with Crippen LogP contribution in [-0.4, -0.2) is 65.2 Å². The lowest BCUT2D eigenvalue weighted by molar-refractivity contribution is -0.156. The van der Waals surface area contributed by atoms with E-state index in [-0.39, 0.29) is 17.9 Å². The van der Waals surface area contributed by atoms with Gasteiger partial charge in [0.05, 0.1) is 12.5 Å². The number of likely N-dealkylation sites (tertiary alicyclic amines) is 1. The maximum atomic E-state index is 13.9. The van der Waals surface area contributed by atoms with Crippen molar-refractivity contribution in [1.29, 1.82) is 0 Å². The average molecular weight is 547 g/mol. The Morgan fingerprint density at radius 3 is 2.11 bits per heavy atom. The van der Waals surface area contributed by atoms with Gasteiger partial charge in [0.15, 0.2) is 17.4 Å². The summed E-state index contributed by atoms with van der Waals surface area (Å²) in [4.78, 5) is 39.6. The number of halogens is 4. The number of nitrogens with zero attached hydrogens (tertiary/aromatic N) is 1. The summed E-state index contributed by atoms with van der Waals surface area (Å²) in [6.45, 7) is 4.79. The molecule has 1 aromatic carbocycles. The molecule has 2 aliphatic rings. The van der Waals surface area contributed by atoms with E-state index in [4.69, 9.17) is 9.47 Å². The zero-order valence-corrected chi connectivity index (χ0v) is 21.7. The van der Waals surface area contributed by atoms with E-state index in [1.807, 2.05) is 0 Å². The standard InChI is InChI=1S/C26H34F4N2O6/c1-26(2,3)38-20(34)12-18(19(33)13-37-23-21(29)16(27)11-17(28)22(23)30)31-24(35)14-7-9-32(10-8-14)25(36)15-5-4-6-15/h11,14-15,18-19,33H,4-10,12-13H2,1-3H3,(H,31,35)/t18-,19?/m0/s1. The summed E-state index contributed by atoms with van der Waals surface area (Å²) in [5.74, 6) is -9.91. The molecule has 212 valence electrons. The van der Waals surface area contributed by atoms with Crippen LogP contribution in [0.5, 0.6) is 5.75 Å². The predicted molar refractivity (Wildman–Crippen MR) is 127 cm³/mol. The second-order valence-corrected chi connectivity index (χ2v) is 10.8. The van der Waals surface area contributed by atoms with Crippen molar-refractivity contribution in [3.63, 3.8) is 0 Å². The van der Waals surface area contributed by atoms with Crippen molar-refractivity contribution >= 4 is 17.8 Å². The van der Waals surface area contributed by atoms with Gasteiger partial charge in [0.1, 0.15) is 18.3 Å². The first kappa shape index (κ1) is 29.7. The molecule has 1 aliphatic heterocycles. The van der Waals surface area contributed by atoms with E-state index in [0.717, 1.165) is 19.3 Å². The summed E-state index contributed by atoms with van der Waals surface area (Å²) in [7, 11) is 0. The minimum absolute atomic E-state index is 0.0184. The van der Waals surface area contributed by atoms with Crippen molar-refractivity contribution in [2.24, 2.45) is 11.8 Å². The highest BCUT2D eigenvalue weighted by Gasteiger charge is 2.35. The van der Waals surface area contributed by atoms with Gasteiger partial charge in [0.25, 0.3) is 0 Å². The van der Waals surface area contributed by atoms with Crippen LogP contribution in [0.4, 0.5) is 17.6 Å². The fraction of sp³-hybridized carbons (Fsp3) is 0.654. The zero-order chi connectivity index (χ0) is 28.2. The lowest BCUT2D eigenvalue weighted by Crippen LogP contribution is -2.51. The third-order valence-corrected chi connectivity index (χ3v) is 6.70. The first-order valence-corrected chi connectivity index (χ1v) is 12.7. The van der Waals surface area contributed by atoms with Crippen molar-refractivity contribution in [2.75, 3.05) is 19.7 Å².